The van der Waals surface area contributed by atoms with Crippen molar-refractivity contribution in [3.8, 4) is 0 Å². The van der Waals surface area contributed by atoms with Crippen molar-refractivity contribution in [2.24, 2.45) is 5.92 Å². The Hall–Kier alpha value is -2.12. The Morgan fingerprint density at radius 2 is 2.20 bits per heavy atom. The van der Waals surface area contributed by atoms with Crippen molar-refractivity contribution >= 4 is 17.8 Å². The standard InChI is InChI=1S/C7H9N5O3/c8-7-9-4(10-11-7)5(13)12-1-3(2-12)6(14)15/h3H,1-2H2,(H,14,15)(H3,8,9,10,11). The molecule has 0 aromatic carbocycles. The maximum absolute atomic E-state index is 11.6. The molecule has 0 unspecified atom stereocenters. The van der Waals surface area contributed by atoms with E-state index in [2.05, 4.69) is 15.2 Å². The summed E-state index contributed by atoms with van der Waals surface area (Å²) in [6, 6.07) is 0. The topological polar surface area (TPSA) is 125 Å². The van der Waals surface area contributed by atoms with E-state index in [1.165, 1.54) is 4.90 Å². The number of rotatable bonds is 2. The first-order valence-electron chi connectivity index (χ1n) is 4.28. The number of carboxylic acid groups (broad SMARTS) is 1. The molecule has 0 saturated carbocycles. The number of aromatic amines is 1. The van der Waals surface area contributed by atoms with Gasteiger partial charge in [0.15, 0.2) is 0 Å². The van der Waals surface area contributed by atoms with Crippen LogP contribution in [0.25, 0.3) is 0 Å². The third-order valence-electron chi connectivity index (χ3n) is 2.22. The fourth-order valence-electron chi connectivity index (χ4n) is 1.32. The molecule has 2 heterocycles. The lowest BCUT2D eigenvalue weighted by Crippen LogP contribution is -2.53. The summed E-state index contributed by atoms with van der Waals surface area (Å²) < 4.78 is 0. The number of carbonyl (C=O) groups excluding carboxylic acids is 1. The summed E-state index contributed by atoms with van der Waals surface area (Å²) in [5.74, 6) is -1.72. The summed E-state index contributed by atoms with van der Waals surface area (Å²) in [5.41, 5.74) is 5.23. The van der Waals surface area contributed by atoms with Crippen LogP contribution in [-0.4, -0.2) is 50.2 Å². The summed E-state index contributed by atoms with van der Waals surface area (Å²) in [7, 11) is 0. The summed E-state index contributed by atoms with van der Waals surface area (Å²) >= 11 is 0. The van der Waals surface area contributed by atoms with E-state index < -0.39 is 11.9 Å². The third-order valence-corrected chi connectivity index (χ3v) is 2.22. The minimum absolute atomic E-state index is 0.00587. The van der Waals surface area contributed by atoms with Crippen molar-refractivity contribution < 1.29 is 14.7 Å². The molecular formula is C7H9N5O3. The van der Waals surface area contributed by atoms with Crippen LogP contribution in [0.15, 0.2) is 0 Å². The summed E-state index contributed by atoms with van der Waals surface area (Å²) in [6.07, 6.45) is 0. The highest BCUT2D eigenvalue weighted by Gasteiger charge is 2.36. The van der Waals surface area contributed by atoms with Gasteiger partial charge in [-0.3, -0.25) is 14.7 Å². The monoisotopic (exact) mass is 211 g/mol. The quantitative estimate of drug-likeness (QED) is 0.549. The third kappa shape index (κ3) is 1.60. The zero-order valence-electron chi connectivity index (χ0n) is 7.67. The van der Waals surface area contributed by atoms with Gasteiger partial charge in [0.2, 0.25) is 11.8 Å². The molecule has 2 rings (SSSR count). The molecule has 1 amide bonds. The molecule has 4 N–H and O–H groups in total. The molecular weight excluding hydrogens is 202 g/mol. The number of nitrogens with zero attached hydrogens (tertiary/aromatic N) is 3. The van der Waals surface area contributed by atoms with Gasteiger partial charge in [-0.1, -0.05) is 0 Å². The van der Waals surface area contributed by atoms with Crippen molar-refractivity contribution in [3.05, 3.63) is 5.82 Å². The van der Waals surface area contributed by atoms with Gasteiger partial charge in [0.1, 0.15) is 0 Å². The minimum atomic E-state index is -0.892. The lowest BCUT2D eigenvalue weighted by Gasteiger charge is -2.35. The number of carbonyl (C=O) groups is 2. The van der Waals surface area contributed by atoms with E-state index >= 15 is 0 Å². The maximum Gasteiger partial charge on any atom is 0.310 e. The SMILES string of the molecule is Nc1n[nH]c(C(=O)N2CC(C(=O)O)C2)n1. The Kier molecular flexibility index (Phi) is 2.03. The summed E-state index contributed by atoms with van der Waals surface area (Å²) in [6.45, 7) is 0.406. The molecule has 15 heavy (non-hydrogen) atoms. The van der Waals surface area contributed by atoms with Gasteiger partial charge >= 0.3 is 5.97 Å². The molecule has 1 aliphatic heterocycles. The Balaban J connectivity index is 1.97. The van der Waals surface area contributed by atoms with Gasteiger partial charge in [-0.15, -0.1) is 5.10 Å². The first-order chi connectivity index (χ1) is 7.08. The highest BCUT2D eigenvalue weighted by Crippen LogP contribution is 2.17. The van der Waals surface area contributed by atoms with Crippen molar-refractivity contribution in [2.45, 2.75) is 0 Å². The predicted molar refractivity (Wildman–Crippen MR) is 47.8 cm³/mol. The molecule has 0 bridgehead atoms. The van der Waals surface area contributed by atoms with Crippen LogP contribution >= 0.6 is 0 Å². The normalized spacial score (nSPS) is 16.1. The Morgan fingerprint density at radius 1 is 1.53 bits per heavy atom. The number of hydrogen-bond acceptors (Lipinski definition) is 5. The van der Waals surface area contributed by atoms with Gasteiger partial charge in [0, 0.05) is 13.1 Å². The number of H-pyrrole nitrogens is 1. The van der Waals surface area contributed by atoms with E-state index in [4.69, 9.17) is 10.8 Å². The lowest BCUT2D eigenvalue weighted by molar-refractivity contribution is -0.146. The van der Waals surface area contributed by atoms with Gasteiger partial charge in [-0.05, 0) is 0 Å². The highest BCUT2D eigenvalue weighted by molar-refractivity contribution is 5.92. The summed E-state index contributed by atoms with van der Waals surface area (Å²) in [4.78, 5) is 27.1. The highest BCUT2D eigenvalue weighted by atomic mass is 16.4. The van der Waals surface area contributed by atoms with Crippen LogP contribution in [0.3, 0.4) is 0 Å². The zero-order chi connectivity index (χ0) is 11.0. The number of carboxylic acids is 1. The number of nitrogens with two attached hydrogens (primary N) is 1. The molecule has 1 fully saturated rings. The van der Waals surface area contributed by atoms with Crippen LogP contribution in [0.2, 0.25) is 0 Å². The number of aromatic nitrogens is 3. The van der Waals surface area contributed by atoms with Crippen molar-refractivity contribution in [3.63, 3.8) is 0 Å². The molecule has 80 valence electrons. The molecule has 0 spiro atoms. The van der Waals surface area contributed by atoms with E-state index in [0.29, 0.717) is 0 Å². The van der Waals surface area contributed by atoms with Crippen molar-refractivity contribution in [1.29, 1.82) is 0 Å². The number of amides is 1. The molecule has 0 radical (unpaired) electrons. The first kappa shape index (κ1) is 9.44. The molecule has 8 heteroatoms. The van der Waals surface area contributed by atoms with Gasteiger partial charge in [-0.2, -0.15) is 4.98 Å². The zero-order valence-corrected chi connectivity index (χ0v) is 7.67. The van der Waals surface area contributed by atoms with Crippen LogP contribution in [0, 0.1) is 5.92 Å². The number of nitrogen functional groups attached to an aromatic ring is 1. The summed E-state index contributed by atoms with van der Waals surface area (Å²) in [5, 5.41) is 14.5. The molecule has 1 saturated heterocycles. The van der Waals surface area contributed by atoms with Crippen LogP contribution in [0.1, 0.15) is 10.6 Å². The van der Waals surface area contributed by atoms with Gasteiger partial charge in [0.05, 0.1) is 5.92 Å². The molecule has 0 atom stereocenters. The molecule has 1 aliphatic rings. The average molecular weight is 211 g/mol. The van der Waals surface area contributed by atoms with E-state index in [9.17, 15) is 9.59 Å². The fraction of sp³-hybridized carbons (Fsp3) is 0.429. The largest absolute Gasteiger partial charge is 0.481 e. The van der Waals surface area contributed by atoms with Crippen molar-refractivity contribution in [1.82, 2.24) is 20.1 Å². The number of anilines is 1. The van der Waals surface area contributed by atoms with Crippen LogP contribution in [0.4, 0.5) is 5.95 Å². The minimum Gasteiger partial charge on any atom is -0.481 e. The fourth-order valence-corrected chi connectivity index (χ4v) is 1.32. The van der Waals surface area contributed by atoms with E-state index in [1.54, 1.807) is 0 Å². The van der Waals surface area contributed by atoms with Gasteiger partial charge in [0.25, 0.3) is 5.91 Å². The number of nitrogens with one attached hydrogen (secondary N) is 1. The second kappa shape index (κ2) is 3.23. The second-order valence-corrected chi connectivity index (χ2v) is 3.29. The van der Waals surface area contributed by atoms with Crippen LogP contribution in [-0.2, 0) is 4.79 Å². The maximum atomic E-state index is 11.6. The Morgan fingerprint density at radius 3 is 2.67 bits per heavy atom. The van der Waals surface area contributed by atoms with E-state index in [0.717, 1.165) is 0 Å². The number of hydrogen-bond donors (Lipinski definition) is 3. The molecule has 0 aliphatic carbocycles. The van der Waals surface area contributed by atoms with Crippen LogP contribution < -0.4 is 5.73 Å². The first-order valence-corrected chi connectivity index (χ1v) is 4.28. The Bertz CT molecular complexity index is 409. The number of likely N-dealkylation sites (tertiary alicyclic amines) is 1. The Labute approximate surface area is 84.1 Å². The van der Waals surface area contributed by atoms with Gasteiger partial charge in [-0.25, -0.2) is 0 Å². The lowest BCUT2D eigenvalue weighted by atomic mass is 10.0. The number of aliphatic carboxylic acids is 1. The van der Waals surface area contributed by atoms with Gasteiger partial charge < -0.3 is 15.7 Å². The van der Waals surface area contributed by atoms with E-state index in [1.807, 2.05) is 0 Å². The van der Waals surface area contributed by atoms with E-state index in [-0.39, 0.29) is 30.8 Å². The second-order valence-electron chi connectivity index (χ2n) is 3.29. The average Bonchev–Trinajstić information content (AvgIpc) is 2.48. The molecule has 1 aromatic rings. The smallest absolute Gasteiger partial charge is 0.310 e. The predicted octanol–water partition coefficient (Wildman–Crippen LogP) is -1.46. The van der Waals surface area contributed by atoms with Crippen LogP contribution in [0.5, 0.6) is 0 Å². The molecule has 1 aromatic heterocycles. The van der Waals surface area contributed by atoms with Crippen molar-refractivity contribution in [2.75, 3.05) is 18.8 Å². The molecule has 8 nitrogen and oxygen atoms in total.